The monoisotopic (exact) mass is 310 g/mol. The normalized spacial score (nSPS) is 21.5. The van der Waals surface area contributed by atoms with Crippen molar-refractivity contribution in [1.29, 1.82) is 0 Å². The fourth-order valence-corrected chi connectivity index (χ4v) is 3.61. The van der Waals surface area contributed by atoms with E-state index in [9.17, 15) is 0 Å². The molecule has 2 unspecified atom stereocenters. The lowest BCUT2D eigenvalue weighted by Gasteiger charge is -2.20. The van der Waals surface area contributed by atoms with Crippen LogP contribution in [0.5, 0.6) is 0 Å². The first-order chi connectivity index (χ1) is 10.3. The van der Waals surface area contributed by atoms with Gasteiger partial charge in [0.15, 0.2) is 5.82 Å². The van der Waals surface area contributed by atoms with Crippen molar-refractivity contribution in [2.24, 2.45) is 0 Å². The molecule has 0 bridgehead atoms. The maximum atomic E-state index is 5.17. The summed E-state index contributed by atoms with van der Waals surface area (Å²) < 4.78 is 5.17. The van der Waals surface area contributed by atoms with Crippen LogP contribution in [0.2, 0.25) is 0 Å². The lowest BCUT2D eigenvalue weighted by molar-refractivity contribution is 0.178. The number of rotatable bonds is 8. The summed E-state index contributed by atoms with van der Waals surface area (Å²) in [5.41, 5.74) is 0. The van der Waals surface area contributed by atoms with Crippen molar-refractivity contribution in [2.75, 3.05) is 30.5 Å². The molecule has 1 saturated carbocycles. The standard InChI is InChI=1S/C15H26N4OS/c1-4-8-16-13-9-14(19-15(18-13)10-20-2)17-11-6-5-7-12(11)21-3/h9,11-12H,4-8,10H2,1-3H3,(H2,16,17,18,19). The minimum absolute atomic E-state index is 0.437. The second kappa shape index (κ2) is 8.44. The summed E-state index contributed by atoms with van der Waals surface area (Å²) >= 11 is 1.95. The summed E-state index contributed by atoms with van der Waals surface area (Å²) in [7, 11) is 1.67. The molecule has 0 spiro atoms. The van der Waals surface area contributed by atoms with Gasteiger partial charge in [-0.3, -0.25) is 0 Å². The molecule has 1 aliphatic carbocycles. The number of aromatic nitrogens is 2. The summed E-state index contributed by atoms with van der Waals surface area (Å²) in [5, 5.41) is 7.60. The van der Waals surface area contributed by atoms with Crippen molar-refractivity contribution in [3.05, 3.63) is 11.9 Å². The van der Waals surface area contributed by atoms with Gasteiger partial charge in [0, 0.05) is 31.0 Å². The van der Waals surface area contributed by atoms with Crippen LogP contribution in [-0.2, 0) is 11.3 Å². The van der Waals surface area contributed by atoms with E-state index < -0.39 is 0 Å². The van der Waals surface area contributed by atoms with E-state index >= 15 is 0 Å². The molecule has 0 aliphatic heterocycles. The molecule has 2 atom stereocenters. The fraction of sp³-hybridized carbons (Fsp3) is 0.733. The Morgan fingerprint density at radius 3 is 2.86 bits per heavy atom. The molecule has 1 aliphatic rings. The maximum absolute atomic E-state index is 5.17. The Labute approximate surface area is 131 Å². The zero-order chi connectivity index (χ0) is 15.1. The highest BCUT2D eigenvalue weighted by atomic mass is 32.2. The van der Waals surface area contributed by atoms with Crippen LogP contribution in [0.3, 0.4) is 0 Å². The number of anilines is 2. The molecule has 0 amide bonds. The summed E-state index contributed by atoms with van der Waals surface area (Å²) in [6.45, 7) is 3.50. The van der Waals surface area contributed by atoms with Crippen molar-refractivity contribution in [2.45, 2.75) is 50.5 Å². The molecule has 1 aromatic rings. The molecule has 1 fully saturated rings. The summed E-state index contributed by atoms with van der Waals surface area (Å²) in [6.07, 6.45) is 7.06. The molecule has 2 rings (SSSR count). The predicted octanol–water partition coefficient (Wildman–Crippen LogP) is 3.14. The predicted molar refractivity (Wildman–Crippen MR) is 90.1 cm³/mol. The molecule has 5 nitrogen and oxygen atoms in total. The molecule has 21 heavy (non-hydrogen) atoms. The molecular weight excluding hydrogens is 284 g/mol. The molecule has 6 heteroatoms. The highest BCUT2D eigenvalue weighted by molar-refractivity contribution is 7.99. The van der Waals surface area contributed by atoms with Crippen molar-refractivity contribution >= 4 is 23.4 Å². The molecule has 0 aromatic carbocycles. The number of hydrogen-bond donors (Lipinski definition) is 2. The highest BCUT2D eigenvalue weighted by Gasteiger charge is 2.26. The van der Waals surface area contributed by atoms with Gasteiger partial charge in [-0.25, -0.2) is 9.97 Å². The Balaban J connectivity index is 2.10. The number of nitrogens with zero attached hydrogens (tertiary/aromatic N) is 2. The largest absolute Gasteiger partial charge is 0.377 e. The number of thioether (sulfide) groups is 1. The molecule has 118 valence electrons. The smallest absolute Gasteiger partial charge is 0.158 e. The van der Waals surface area contributed by atoms with E-state index in [4.69, 9.17) is 4.74 Å². The van der Waals surface area contributed by atoms with Crippen molar-refractivity contribution in [3.63, 3.8) is 0 Å². The van der Waals surface area contributed by atoms with Crippen LogP contribution in [0.1, 0.15) is 38.4 Å². The zero-order valence-electron chi connectivity index (χ0n) is 13.2. The van der Waals surface area contributed by atoms with E-state index in [0.717, 1.165) is 30.4 Å². The Morgan fingerprint density at radius 1 is 1.33 bits per heavy atom. The Kier molecular flexibility index (Phi) is 6.57. The van der Waals surface area contributed by atoms with Gasteiger partial charge in [0.1, 0.15) is 18.2 Å². The quantitative estimate of drug-likeness (QED) is 0.769. The molecular formula is C15H26N4OS. The van der Waals surface area contributed by atoms with Gasteiger partial charge in [0.2, 0.25) is 0 Å². The van der Waals surface area contributed by atoms with Gasteiger partial charge in [0.25, 0.3) is 0 Å². The Hall–Kier alpha value is -1.01. The second-order valence-corrected chi connectivity index (χ2v) is 6.45. The fourth-order valence-electron chi connectivity index (χ4n) is 2.67. The minimum atomic E-state index is 0.437. The van der Waals surface area contributed by atoms with Crippen LogP contribution in [0.15, 0.2) is 6.07 Å². The first kappa shape index (κ1) is 16.4. The molecule has 0 radical (unpaired) electrons. The third kappa shape index (κ3) is 4.74. The summed E-state index contributed by atoms with van der Waals surface area (Å²) in [6, 6.07) is 2.51. The summed E-state index contributed by atoms with van der Waals surface area (Å²) in [4.78, 5) is 9.05. The van der Waals surface area contributed by atoms with Crippen molar-refractivity contribution in [3.8, 4) is 0 Å². The summed E-state index contributed by atoms with van der Waals surface area (Å²) in [5.74, 6) is 2.50. The van der Waals surface area contributed by atoms with Gasteiger partial charge in [0.05, 0.1) is 0 Å². The van der Waals surface area contributed by atoms with Crippen molar-refractivity contribution < 1.29 is 4.74 Å². The van der Waals surface area contributed by atoms with Gasteiger partial charge in [-0.15, -0.1) is 0 Å². The third-order valence-electron chi connectivity index (χ3n) is 3.69. The second-order valence-electron chi connectivity index (χ2n) is 5.37. The van der Waals surface area contributed by atoms with E-state index in [1.807, 2.05) is 17.8 Å². The topological polar surface area (TPSA) is 59.1 Å². The highest BCUT2D eigenvalue weighted by Crippen LogP contribution is 2.30. The van der Waals surface area contributed by atoms with Gasteiger partial charge < -0.3 is 15.4 Å². The van der Waals surface area contributed by atoms with Crippen LogP contribution in [0, 0.1) is 0 Å². The molecule has 1 aromatic heterocycles. The van der Waals surface area contributed by atoms with E-state index in [0.29, 0.717) is 17.9 Å². The number of methoxy groups -OCH3 is 1. The maximum Gasteiger partial charge on any atom is 0.158 e. The number of ether oxygens (including phenoxy) is 1. The van der Waals surface area contributed by atoms with Crippen LogP contribution in [0.25, 0.3) is 0 Å². The lowest BCUT2D eigenvalue weighted by Crippen LogP contribution is -2.26. The molecule has 1 heterocycles. The van der Waals surface area contributed by atoms with E-state index in [-0.39, 0.29) is 0 Å². The van der Waals surface area contributed by atoms with Crippen LogP contribution in [-0.4, -0.2) is 41.2 Å². The van der Waals surface area contributed by atoms with Crippen molar-refractivity contribution in [1.82, 2.24) is 9.97 Å². The number of nitrogens with one attached hydrogen (secondary N) is 2. The van der Waals surface area contributed by atoms with Gasteiger partial charge in [-0.05, 0) is 25.5 Å². The van der Waals surface area contributed by atoms with E-state index in [1.165, 1.54) is 19.3 Å². The zero-order valence-corrected chi connectivity index (χ0v) is 14.0. The Morgan fingerprint density at radius 2 is 2.14 bits per heavy atom. The Bertz CT molecular complexity index is 444. The lowest BCUT2D eigenvalue weighted by atomic mass is 10.2. The first-order valence-electron chi connectivity index (χ1n) is 7.67. The van der Waals surface area contributed by atoms with Crippen LogP contribution < -0.4 is 10.6 Å². The van der Waals surface area contributed by atoms with E-state index in [2.05, 4.69) is 33.8 Å². The SMILES string of the molecule is CCCNc1cc(NC2CCCC2SC)nc(COC)n1. The number of hydrogen-bond acceptors (Lipinski definition) is 6. The molecule has 0 saturated heterocycles. The van der Waals surface area contributed by atoms with E-state index in [1.54, 1.807) is 7.11 Å². The van der Waals surface area contributed by atoms with Gasteiger partial charge in [-0.1, -0.05) is 13.3 Å². The average molecular weight is 310 g/mol. The van der Waals surface area contributed by atoms with Crippen LogP contribution in [0.4, 0.5) is 11.6 Å². The van der Waals surface area contributed by atoms with Gasteiger partial charge in [-0.2, -0.15) is 11.8 Å². The first-order valence-corrected chi connectivity index (χ1v) is 8.95. The van der Waals surface area contributed by atoms with Crippen LogP contribution >= 0.6 is 11.8 Å². The molecule has 2 N–H and O–H groups in total. The van der Waals surface area contributed by atoms with Gasteiger partial charge >= 0.3 is 0 Å². The average Bonchev–Trinajstić information content (AvgIpc) is 2.92. The minimum Gasteiger partial charge on any atom is -0.377 e. The third-order valence-corrected chi connectivity index (χ3v) is 4.86.